The fourth-order valence-electron chi connectivity index (χ4n) is 1.55. The van der Waals surface area contributed by atoms with Crippen molar-refractivity contribution in [2.45, 2.75) is 38.3 Å². The number of hydrogen-bond donors (Lipinski definition) is 2. The minimum absolute atomic E-state index is 0.123. The second-order valence-electron chi connectivity index (χ2n) is 5.55. The summed E-state index contributed by atoms with van der Waals surface area (Å²) in [5, 5.41) is 10.7. The van der Waals surface area contributed by atoms with Gasteiger partial charge in [-0.25, -0.2) is 13.1 Å². The van der Waals surface area contributed by atoms with E-state index in [0.717, 1.165) is 0 Å². The van der Waals surface area contributed by atoms with Crippen LogP contribution in [-0.4, -0.2) is 30.1 Å². The average molecular weight is 344 g/mol. The van der Waals surface area contributed by atoms with E-state index in [1.54, 1.807) is 27.7 Å². The lowest BCUT2D eigenvalue weighted by Crippen LogP contribution is -2.40. The lowest BCUT2D eigenvalue weighted by atomic mass is 10.1. The number of aromatic nitrogens is 2. The topological polar surface area (TPSA) is 114 Å². The van der Waals surface area contributed by atoms with Gasteiger partial charge in [0.25, 0.3) is 15.9 Å². The molecule has 1 amide bonds. The van der Waals surface area contributed by atoms with Crippen molar-refractivity contribution < 1.29 is 17.6 Å². The molecule has 120 valence electrons. The van der Waals surface area contributed by atoms with Crippen LogP contribution in [0.2, 0.25) is 0 Å². The zero-order valence-corrected chi connectivity index (χ0v) is 14.1. The molecule has 0 aromatic carbocycles. The summed E-state index contributed by atoms with van der Waals surface area (Å²) in [5.41, 5.74) is -0.655. The molecule has 0 aliphatic heterocycles. The van der Waals surface area contributed by atoms with Gasteiger partial charge in [0.05, 0.1) is 0 Å². The van der Waals surface area contributed by atoms with Crippen LogP contribution in [0.1, 0.15) is 36.3 Å². The van der Waals surface area contributed by atoms with Gasteiger partial charge in [-0.1, -0.05) is 11.3 Å². The molecule has 2 heterocycles. The zero-order valence-electron chi connectivity index (χ0n) is 12.5. The number of carbonyl (C=O) groups is 1. The summed E-state index contributed by atoms with van der Waals surface area (Å²) in [6.45, 7) is 6.87. The van der Waals surface area contributed by atoms with Crippen molar-refractivity contribution in [3.8, 4) is 0 Å². The number of hydrogen-bond acceptors (Lipinski definition) is 7. The van der Waals surface area contributed by atoms with Gasteiger partial charge < -0.3 is 4.42 Å². The first-order chi connectivity index (χ1) is 10.1. The van der Waals surface area contributed by atoms with Gasteiger partial charge in [0, 0.05) is 5.54 Å². The summed E-state index contributed by atoms with van der Waals surface area (Å²) >= 11 is 1.20. The average Bonchev–Trinajstić information content (AvgIpc) is 2.95. The minimum Gasteiger partial charge on any atom is -0.438 e. The molecule has 2 rings (SSSR count). The Morgan fingerprint density at radius 1 is 1.27 bits per heavy atom. The predicted octanol–water partition coefficient (Wildman–Crippen LogP) is 1.77. The highest BCUT2D eigenvalue weighted by Crippen LogP contribution is 2.19. The van der Waals surface area contributed by atoms with Crippen LogP contribution in [0.5, 0.6) is 0 Å². The van der Waals surface area contributed by atoms with Gasteiger partial charge in [-0.2, -0.15) is 0 Å². The number of nitrogens with one attached hydrogen (secondary N) is 2. The van der Waals surface area contributed by atoms with Crippen LogP contribution < -0.4 is 10.0 Å². The summed E-state index contributed by atoms with van der Waals surface area (Å²) in [7, 11) is -3.82. The first-order valence-corrected chi connectivity index (χ1v) is 8.62. The molecule has 0 fully saturated rings. The second kappa shape index (κ2) is 5.78. The SMILES string of the molecule is Cc1nnc(NC(=O)c2ccc(S(=O)(=O)NC(C)(C)C)o2)s1. The number of rotatable bonds is 4. The van der Waals surface area contributed by atoms with E-state index in [0.29, 0.717) is 10.1 Å². The van der Waals surface area contributed by atoms with Crippen molar-refractivity contribution in [3.05, 3.63) is 22.9 Å². The number of sulfonamides is 1. The molecular weight excluding hydrogens is 328 g/mol. The Morgan fingerprint density at radius 2 is 1.95 bits per heavy atom. The number of anilines is 1. The van der Waals surface area contributed by atoms with Crippen LogP contribution in [0.25, 0.3) is 0 Å². The molecule has 10 heteroatoms. The van der Waals surface area contributed by atoms with E-state index < -0.39 is 21.5 Å². The molecule has 0 unspecified atom stereocenters. The van der Waals surface area contributed by atoms with E-state index in [9.17, 15) is 13.2 Å². The van der Waals surface area contributed by atoms with Crippen molar-refractivity contribution >= 4 is 32.4 Å². The molecule has 0 radical (unpaired) electrons. The van der Waals surface area contributed by atoms with Crippen LogP contribution in [0.15, 0.2) is 21.6 Å². The fraction of sp³-hybridized carbons (Fsp3) is 0.417. The molecule has 2 aromatic heterocycles. The maximum Gasteiger partial charge on any atom is 0.293 e. The monoisotopic (exact) mass is 344 g/mol. The molecule has 0 atom stereocenters. The highest BCUT2D eigenvalue weighted by molar-refractivity contribution is 7.89. The summed E-state index contributed by atoms with van der Waals surface area (Å²) in [5.74, 6) is -0.713. The van der Waals surface area contributed by atoms with Crippen molar-refractivity contribution in [3.63, 3.8) is 0 Å². The van der Waals surface area contributed by atoms with E-state index in [2.05, 4.69) is 20.2 Å². The van der Waals surface area contributed by atoms with Gasteiger partial charge in [-0.05, 0) is 39.8 Å². The van der Waals surface area contributed by atoms with Crippen LogP contribution >= 0.6 is 11.3 Å². The van der Waals surface area contributed by atoms with Gasteiger partial charge >= 0.3 is 0 Å². The third kappa shape index (κ3) is 4.12. The standard InChI is InChI=1S/C12H16N4O4S2/c1-7-14-15-11(21-7)13-10(17)8-5-6-9(20-8)22(18,19)16-12(2,3)4/h5-6,16H,1-4H3,(H,13,15,17). The molecular formula is C12H16N4O4S2. The molecule has 0 spiro atoms. The van der Waals surface area contributed by atoms with Crippen LogP contribution in [0.4, 0.5) is 5.13 Å². The van der Waals surface area contributed by atoms with Crippen molar-refractivity contribution in [1.82, 2.24) is 14.9 Å². The van der Waals surface area contributed by atoms with Crippen molar-refractivity contribution in [2.75, 3.05) is 5.32 Å². The highest BCUT2D eigenvalue weighted by atomic mass is 32.2. The van der Waals surface area contributed by atoms with E-state index in [-0.39, 0.29) is 10.9 Å². The Hall–Kier alpha value is -1.78. The lowest BCUT2D eigenvalue weighted by molar-refractivity contribution is 0.0991. The molecule has 0 aliphatic carbocycles. The number of nitrogens with zero attached hydrogens (tertiary/aromatic N) is 2. The number of amides is 1. The lowest BCUT2D eigenvalue weighted by Gasteiger charge is -2.18. The third-order valence-electron chi connectivity index (χ3n) is 2.26. The number of carbonyl (C=O) groups excluding carboxylic acids is 1. The maximum atomic E-state index is 12.1. The third-order valence-corrected chi connectivity index (χ3v) is 4.64. The number of aryl methyl sites for hydroxylation is 1. The quantitative estimate of drug-likeness (QED) is 0.873. The molecule has 2 aromatic rings. The molecule has 22 heavy (non-hydrogen) atoms. The summed E-state index contributed by atoms with van der Waals surface area (Å²) in [4.78, 5) is 12.0. The largest absolute Gasteiger partial charge is 0.438 e. The van der Waals surface area contributed by atoms with E-state index in [1.807, 2.05) is 0 Å². The summed E-state index contributed by atoms with van der Waals surface area (Å²) < 4.78 is 31.7. The number of furan rings is 1. The molecule has 0 aliphatic rings. The maximum absolute atomic E-state index is 12.1. The van der Waals surface area contributed by atoms with Crippen LogP contribution in [0, 0.1) is 6.92 Å². The van der Waals surface area contributed by atoms with Crippen LogP contribution in [-0.2, 0) is 10.0 Å². The highest BCUT2D eigenvalue weighted by Gasteiger charge is 2.26. The fourth-order valence-corrected chi connectivity index (χ4v) is 3.49. The molecule has 0 saturated carbocycles. The van der Waals surface area contributed by atoms with E-state index in [1.165, 1.54) is 23.5 Å². The van der Waals surface area contributed by atoms with Gasteiger partial charge in [0.15, 0.2) is 5.76 Å². The Labute approximate surface area is 132 Å². The Bertz CT molecular complexity index is 786. The predicted molar refractivity (Wildman–Crippen MR) is 81.4 cm³/mol. The zero-order chi connectivity index (χ0) is 16.5. The molecule has 2 N–H and O–H groups in total. The normalized spacial score (nSPS) is 12.4. The minimum atomic E-state index is -3.82. The van der Waals surface area contributed by atoms with Gasteiger partial charge in [0.2, 0.25) is 10.2 Å². The Kier molecular flexibility index (Phi) is 4.36. The van der Waals surface area contributed by atoms with Crippen molar-refractivity contribution in [1.29, 1.82) is 0 Å². The first-order valence-electron chi connectivity index (χ1n) is 6.32. The summed E-state index contributed by atoms with van der Waals surface area (Å²) in [6.07, 6.45) is 0. The van der Waals surface area contributed by atoms with Crippen molar-refractivity contribution in [2.24, 2.45) is 0 Å². The van der Waals surface area contributed by atoms with Gasteiger partial charge in [0.1, 0.15) is 5.01 Å². The molecule has 0 bridgehead atoms. The molecule has 0 saturated heterocycles. The van der Waals surface area contributed by atoms with E-state index >= 15 is 0 Å². The Balaban J connectivity index is 2.15. The Morgan fingerprint density at radius 3 is 2.50 bits per heavy atom. The van der Waals surface area contributed by atoms with Crippen LogP contribution in [0.3, 0.4) is 0 Å². The summed E-state index contributed by atoms with van der Waals surface area (Å²) in [6, 6.07) is 2.52. The second-order valence-corrected chi connectivity index (χ2v) is 8.35. The smallest absolute Gasteiger partial charge is 0.293 e. The molecule has 8 nitrogen and oxygen atoms in total. The first kappa shape index (κ1) is 16.6. The van der Waals surface area contributed by atoms with Gasteiger partial charge in [-0.3, -0.25) is 10.1 Å². The van der Waals surface area contributed by atoms with E-state index in [4.69, 9.17) is 4.42 Å². The van der Waals surface area contributed by atoms with Gasteiger partial charge in [-0.15, -0.1) is 10.2 Å².